The van der Waals surface area contributed by atoms with Gasteiger partial charge in [-0.25, -0.2) is 10.3 Å². The van der Waals surface area contributed by atoms with E-state index in [0.29, 0.717) is 40.6 Å². The summed E-state index contributed by atoms with van der Waals surface area (Å²) in [4.78, 5) is 42.5. The predicted octanol–water partition coefficient (Wildman–Crippen LogP) is 3.94. The summed E-state index contributed by atoms with van der Waals surface area (Å²) in [5.41, 5.74) is 1.67. The second-order valence-corrected chi connectivity index (χ2v) is 11.7. The molecule has 190 valence electrons. The van der Waals surface area contributed by atoms with E-state index in [1.54, 1.807) is 27.4 Å². The quantitative estimate of drug-likeness (QED) is 0.256. The Balaban J connectivity index is 1.45. The van der Waals surface area contributed by atoms with Gasteiger partial charge in [0.25, 0.3) is 5.91 Å². The van der Waals surface area contributed by atoms with Crippen molar-refractivity contribution in [1.82, 2.24) is 15.3 Å². The summed E-state index contributed by atoms with van der Waals surface area (Å²) in [6.07, 6.45) is 6.91. The normalized spacial score (nSPS) is 31.4. The van der Waals surface area contributed by atoms with Crippen molar-refractivity contribution in [2.24, 2.45) is 17.8 Å². The van der Waals surface area contributed by atoms with Gasteiger partial charge in [0.05, 0.1) is 19.2 Å². The minimum absolute atomic E-state index is 0.0476. The van der Waals surface area contributed by atoms with Crippen LogP contribution in [0.25, 0.3) is 0 Å². The molecule has 0 aromatic heterocycles. The van der Waals surface area contributed by atoms with E-state index in [0.717, 1.165) is 19.3 Å². The van der Waals surface area contributed by atoms with Crippen LogP contribution < -0.4 is 10.2 Å². The van der Waals surface area contributed by atoms with E-state index in [4.69, 9.17) is 9.94 Å². The van der Waals surface area contributed by atoms with Gasteiger partial charge in [0.1, 0.15) is 6.04 Å². The smallest absolute Gasteiger partial charge is 0.328 e. The standard InChI is InChI=1S/C25H32BrN3O6/c1-35-20-9-18(26)8-17(22(20)31)13-28-19(3-2-4-21(30)27-34)23(32)29(24(28)33)25-10-14-5-15(11-25)7-16(6-14)12-25/h8-9,14-16,19,31,34H,2-7,10-13H2,1H3,(H,27,30). The maximum Gasteiger partial charge on any atom is 0.328 e. The Hall–Kier alpha value is -2.33. The van der Waals surface area contributed by atoms with Gasteiger partial charge in [-0.1, -0.05) is 15.9 Å². The third kappa shape index (κ3) is 4.28. The first kappa shape index (κ1) is 24.4. The number of urea groups is 1. The molecule has 1 unspecified atom stereocenters. The number of hydrogen-bond donors (Lipinski definition) is 3. The molecule has 1 aromatic rings. The van der Waals surface area contributed by atoms with Crippen molar-refractivity contribution in [2.45, 2.75) is 75.9 Å². The predicted molar refractivity (Wildman–Crippen MR) is 129 cm³/mol. The number of benzene rings is 1. The number of hydroxylamine groups is 1. The summed E-state index contributed by atoms with van der Waals surface area (Å²) in [6, 6.07) is 2.32. The number of rotatable bonds is 8. The maximum atomic E-state index is 13.9. The van der Waals surface area contributed by atoms with Gasteiger partial charge < -0.3 is 14.7 Å². The monoisotopic (exact) mass is 549 g/mol. The zero-order valence-electron chi connectivity index (χ0n) is 19.8. The van der Waals surface area contributed by atoms with E-state index >= 15 is 0 Å². The Kier molecular flexibility index (Phi) is 6.46. The lowest BCUT2D eigenvalue weighted by molar-refractivity contribution is -0.141. The van der Waals surface area contributed by atoms with Crippen LogP contribution >= 0.6 is 15.9 Å². The van der Waals surface area contributed by atoms with Gasteiger partial charge >= 0.3 is 6.03 Å². The van der Waals surface area contributed by atoms with Crippen LogP contribution in [-0.4, -0.2) is 56.6 Å². The molecule has 4 aliphatic carbocycles. The first-order valence-corrected chi connectivity index (χ1v) is 13.2. The third-order valence-electron chi connectivity index (χ3n) is 8.48. The maximum absolute atomic E-state index is 13.9. The number of imide groups is 1. The molecule has 0 radical (unpaired) electrons. The molecule has 4 saturated carbocycles. The van der Waals surface area contributed by atoms with E-state index in [-0.39, 0.29) is 36.4 Å². The number of methoxy groups -OCH3 is 1. The van der Waals surface area contributed by atoms with Crippen molar-refractivity contribution in [3.63, 3.8) is 0 Å². The highest BCUT2D eigenvalue weighted by molar-refractivity contribution is 9.10. The number of ether oxygens (including phenoxy) is 1. The first-order chi connectivity index (χ1) is 16.7. The number of phenols is 1. The van der Waals surface area contributed by atoms with Gasteiger partial charge in [-0.2, -0.15) is 0 Å². The number of carbonyl (C=O) groups is 3. The van der Waals surface area contributed by atoms with Crippen LogP contribution in [0, 0.1) is 17.8 Å². The number of hydrogen-bond acceptors (Lipinski definition) is 6. The molecular formula is C25H32BrN3O6. The van der Waals surface area contributed by atoms with Gasteiger partial charge in [0.15, 0.2) is 11.5 Å². The molecule has 35 heavy (non-hydrogen) atoms. The third-order valence-corrected chi connectivity index (χ3v) is 8.94. The molecule has 1 atom stereocenters. The Bertz CT molecular complexity index is 1010. The van der Waals surface area contributed by atoms with E-state index < -0.39 is 17.5 Å². The van der Waals surface area contributed by atoms with Gasteiger partial charge in [-0.05, 0) is 81.3 Å². The summed E-state index contributed by atoms with van der Waals surface area (Å²) in [5.74, 6) is 1.19. The van der Waals surface area contributed by atoms with Crippen molar-refractivity contribution >= 4 is 33.8 Å². The van der Waals surface area contributed by atoms with Gasteiger partial charge in [-0.15, -0.1) is 0 Å². The summed E-state index contributed by atoms with van der Waals surface area (Å²) in [6.45, 7) is 0.0476. The lowest BCUT2D eigenvalue weighted by Crippen LogP contribution is -2.62. The Morgan fingerprint density at radius 1 is 1.17 bits per heavy atom. The fourth-order valence-electron chi connectivity index (χ4n) is 7.47. The molecule has 6 rings (SSSR count). The summed E-state index contributed by atoms with van der Waals surface area (Å²) in [7, 11) is 1.46. The number of carbonyl (C=O) groups excluding carboxylic acids is 3. The molecule has 1 aliphatic heterocycles. The molecule has 3 N–H and O–H groups in total. The minimum Gasteiger partial charge on any atom is -0.504 e. The van der Waals surface area contributed by atoms with Gasteiger partial charge in [0, 0.05) is 16.5 Å². The lowest BCUT2D eigenvalue weighted by atomic mass is 9.52. The minimum atomic E-state index is -0.730. The average Bonchev–Trinajstić information content (AvgIpc) is 3.04. The Morgan fingerprint density at radius 3 is 2.37 bits per heavy atom. The Morgan fingerprint density at radius 2 is 1.80 bits per heavy atom. The molecule has 1 saturated heterocycles. The van der Waals surface area contributed by atoms with Crippen LogP contribution in [0.4, 0.5) is 4.79 Å². The van der Waals surface area contributed by atoms with Crippen molar-refractivity contribution in [2.75, 3.05) is 7.11 Å². The molecule has 10 heteroatoms. The average molecular weight is 550 g/mol. The van der Waals surface area contributed by atoms with Crippen molar-refractivity contribution in [3.8, 4) is 11.5 Å². The number of halogens is 1. The molecule has 9 nitrogen and oxygen atoms in total. The molecule has 5 fully saturated rings. The van der Waals surface area contributed by atoms with E-state index in [1.165, 1.54) is 26.4 Å². The topological polar surface area (TPSA) is 119 Å². The zero-order chi connectivity index (χ0) is 24.9. The van der Waals surface area contributed by atoms with E-state index in [2.05, 4.69) is 15.9 Å². The number of aromatic hydroxyl groups is 1. The lowest BCUT2D eigenvalue weighted by Gasteiger charge is -2.58. The fourth-order valence-corrected chi connectivity index (χ4v) is 7.96. The largest absolute Gasteiger partial charge is 0.504 e. The van der Waals surface area contributed by atoms with Crippen LogP contribution in [0.1, 0.15) is 63.4 Å². The van der Waals surface area contributed by atoms with Crippen molar-refractivity contribution in [3.05, 3.63) is 22.2 Å². The van der Waals surface area contributed by atoms with E-state index in [9.17, 15) is 19.5 Å². The van der Waals surface area contributed by atoms with Crippen LogP contribution in [0.15, 0.2) is 16.6 Å². The first-order valence-electron chi connectivity index (χ1n) is 12.4. The second kappa shape index (κ2) is 9.28. The summed E-state index contributed by atoms with van der Waals surface area (Å²) < 4.78 is 5.96. The number of phenolic OH excluding ortho intramolecular Hbond substituents is 1. The highest BCUT2D eigenvalue weighted by Crippen LogP contribution is 2.58. The summed E-state index contributed by atoms with van der Waals surface area (Å²) in [5, 5.41) is 19.6. The van der Waals surface area contributed by atoms with Crippen molar-refractivity contribution < 1.29 is 29.4 Å². The van der Waals surface area contributed by atoms with Crippen LogP contribution in [-0.2, 0) is 16.1 Å². The molecule has 4 bridgehead atoms. The molecular weight excluding hydrogens is 518 g/mol. The van der Waals surface area contributed by atoms with Crippen molar-refractivity contribution in [1.29, 1.82) is 0 Å². The Labute approximate surface area is 212 Å². The SMILES string of the molecule is COc1cc(Br)cc(CN2C(=O)N(C34CC5CC(CC(C5)C3)C4)C(=O)C2CCCC(=O)NO)c1O. The number of nitrogens with zero attached hydrogens (tertiary/aromatic N) is 2. The molecule has 5 aliphatic rings. The summed E-state index contributed by atoms with van der Waals surface area (Å²) >= 11 is 3.43. The number of amides is 4. The molecule has 1 heterocycles. The molecule has 0 spiro atoms. The highest BCUT2D eigenvalue weighted by Gasteiger charge is 2.60. The van der Waals surface area contributed by atoms with Gasteiger partial charge in [-0.3, -0.25) is 19.7 Å². The van der Waals surface area contributed by atoms with Crippen LogP contribution in [0.3, 0.4) is 0 Å². The number of nitrogens with one attached hydrogen (secondary N) is 1. The van der Waals surface area contributed by atoms with Gasteiger partial charge in [0.2, 0.25) is 5.91 Å². The fraction of sp³-hybridized carbons (Fsp3) is 0.640. The van der Waals surface area contributed by atoms with E-state index in [1.807, 2.05) is 0 Å². The molecule has 4 amide bonds. The van der Waals surface area contributed by atoms with Crippen LogP contribution in [0.5, 0.6) is 11.5 Å². The zero-order valence-corrected chi connectivity index (χ0v) is 21.4. The highest BCUT2D eigenvalue weighted by atomic mass is 79.9. The van der Waals surface area contributed by atoms with Crippen LogP contribution in [0.2, 0.25) is 0 Å². The second-order valence-electron chi connectivity index (χ2n) is 10.8. The molecule has 1 aromatic carbocycles.